The topological polar surface area (TPSA) is 108 Å². The number of fused-ring (bicyclic) bond motifs is 1. The van der Waals surface area contributed by atoms with E-state index in [1.807, 2.05) is 34.1 Å². The van der Waals surface area contributed by atoms with Gasteiger partial charge in [0.1, 0.15) is 4.90 Å². The zero-order chi connectivity index (χ0) is 27.4. The van der Waals surface area contributed by atoms with Crippen LogP contribution >= 0.6 is 11.6 Å². The zero-order valence-electron chi connectivity index (χ0n) is 21.7. The third-order valence-electron chi connectivity index (χ3n) is 7.53. The van der Waals surface area contributed by atoms with E-state index in [-0.39, 0.29) is 16.8 Å². The maximum Gasteiger partial charge on any atom is 0.240 e. The second-order valence-corrected chi connectivity index (χ2v) is 12.1. The molecule has 206 valence electrons. The van der Waals surface area contributed by atoms with Gasteiger partial charge in [-0.05, 0) is 53.8 Å². The zero-order valence-corrected chi connectivity index (χ0v) is 23.3. The van der Waals surface area contributed by atoms with Crippen LogP contribution in [-0.2, 0) is 34.2 Å². The summed E-state index contributed by atoms with van der Waals surface area (Å²) in [6.45, 7) is 3.51. The van der Waals surface area contributed by atoms with Crippen molar-refractivity contribution >= 4 is 33.2 Å². The fourth-order valence-electron chi connectivity index (χ4n) is 5.40. The Bertz CT molecular complexity index is 1410. The first kappa shape index (κ1) is 27.6. The van der Waals surface area contributed by atoms with Crippen LogP contribution in [0.3, 0.4) is 0 Å². The number of nitrogens with one attached hydrogen (secondary N) is 2. The first-order chi connectivity index (χ1) is 18.8. The summed E-state index contributed by atoms with van der Waals surface area (Å²) in [6.07, 6.45) is 1.46. The van der Waals surface area contributed by atoms with E-state index in [0.717, 1.165) is 18.5 Å². The highest BCUT2D eigenvalue weighted by molar-refractivity contribution is 7.89. The van der Waals surface area contributed by atoms with Gasteiger partial charge < -0.3 is 20.4 Å². The molecule has 1 amide bonds. The SMILES string of the molecule is NS(=O)(=O)c1ccccc1N1CCN(C(=O)[C@@H](Cc2ccc(Cl)cc2)NCC2Cc3ccccc3CN2)CC1. The fraction of sp³-hybridized carbons (Fsp3) is 0.345. The van der Waals surface area contributed by atoms with Crippen molar-refractivity contribution in [3.63, 3.8) is 0 Å². The van der Waals surface area contributed by atoms with Crippen LogP contribution in [0, 0.1) is 0 Å². The molecule has 0 spiro atoms. The molecule has 2 aliphatic rings. The van der Waals surface area contributed by atoms with E-state index < -0.39 is 16.1 Å². The number of hydrogen-bond acceptors (Lipinski definition) is 6. The van der Waals surface area contributed by atoms with E-state index in [2.05, 4.69) is 34.9 Å². The number of piperazine rings is 1. The lowest BCUT2D eigenvalue weighted by Gasteiger charge is -2.38. The van der Waals surface area contributed by atoms with E-state index >= 15 is 0 Å². The molecule has 0 aromatic heterocycles. The van der Waals surface area contributed by atoms with Gasteiger partial charge >= 0.3 is 0 Å². The minimum atomic E-state index is -3.85. The molecule has 39 heavy (non-hydrogen) atoms. The molecule has 0 aliphatic carbocycles. The van der Waals surface area contributed by atoms with E-state index in [9.17, 15) is 13.2 Å². The highest BCUT2D eigenvalue weighted by Gasteiger charge is 2.30. The molecule has 5 rings (SSSR count). The quantitative estimate of drug-likeness (QED) is 0.386. The summed E-state index contributed by atoms with van der Waals surface area (Å²) in [5.74, 6) is 0.0422. The van der Waals surface area contributed by atoms with Crippen molar-refractivity contribution in [1.29, 1.82) is 0 Å². The Hall–Kier alpha value is -2.95. The van der Waals surface area contributed by atoms with Gasteiger partial charge in [0.2, 0.25) is 15.9 Å². The number of benzene rings is 3. The minimum absolute atomic E-state index is 0.0422. The Labute approximate surface area is 235 Å². The van der Waals surface area contributed by atoms with Crippen LogP contribution in [0.5, 0.6) is 0 Å². The third kappa shape index (κ3) is 6.80. The van der Waals surface area contributed by atoms with E-state index in [1.54, 1.807) is 18.2 Å². The Morgan fingerprint density at radius 3 is 2.36 bits per heavy atom. The molecular formula is C29H34ClN5O3S. The van der Waals surface area contributed by atoms with Crippen LogP contribution in [0.2, 0.25) is 5.02 Å². The lowest BCUT2D eigenvalue weighted by atomic mass is 9.95. The van der Waals surface area contributed by atoms with Gasteiger partial charge in [-0.2, -0.15) is 0 Å². The van der Waals surface area contributed by atoms with Crippen LogP contribution in [0.25, 0.3) is 0 Å². The van der Waals surface area contributed by atoms with Gasteiger partial charge in [0.25, 0.3) is 0 Å². The number of nitrogens with zero attached hydrogens (tertiary/aromatic N) is 2. The van der Waals surface area contributed by atoms with Crippen molar-refractivity contribution in [1.82, 2.24) is 15.5 Å². The van der Waals surface area contributed by atoms with Gasteiger partial charge in [0, 0.05) is 50.3 Å². The lowest BCUT2D eigenvalue weighted by molar-refractivity contribution is -0.133. The maximum absolute atomic E-state index is 13.8. The van der Waals surface area contributed by atoms with Crippen LogP contribution in [0.15, 0.2) is 77.7 Å². The van der Waals surface area contributed by atoms with Crippen molar-refractivity contribution in [2.45, 2.75) is 36.4 Å². The Kier molecular flexibility index (Phi) is 8.54. The standard InChI is InChI=1S/C29H34ClN5O3S/c30-24-11-9-21(10-12-24)17-26(33-20-25-18-22-5-1-2-6-23(22)19-32-25)29(36)35-15-13-34(14-16-35)27-7-3-4-8-28(27)39(31,37)38/h1-12,25-26,32-33H,13-20H2,(H2,31,37,38)/t25?,26-/m1/s1. The Morgan fingerprint density at radius 1 is 0.974 bits per heavy atom. The number of sulfonamides is 1. The van der Waals surface area contributed by atoms with Crippen LogP contribution in [0.4, 0.5) is 5.69 Å². The summed E-state index contributed by atoms with van der Waals surface area (Å²) < 4.78 is 24.2. The molecule has 4 N–H and O–H groups in total. The van der Waals surface area contributed by atoms with Crippen LogP contribution < -0.4 is 20.7 Å². The van der Waals surface area contributed by atoms with E-state index in [4.69, 9.17) is 16.7 Å². The lowest BCUT2D eigenvalue weighted by Crippen LogP contribution is -2.56. The summed E-state index contributed by atoms with van der Waals surface area (Å²) >= 11 is 6.09. The molecule has 1 saturated heterocycles. The van der Waals surface area contributed by atoms with Crippen LogP contribution in [-0.4, -0.2) is 64.0 Å². The predicted molar refractivity (Wildman–Crippen MR) is 154 cm³/mol. The third-order valence-corrected chi connectivity index (χ3v) is 8.74. The minimum Gasteiger partial charge on any atom is -0.367 e. The molecule has 1 unspecified atom stereocenters. The molecule has 2 aliphatic heterocycles. The molecule has 8 nitrogen and oxygen atoms in total. The number of para-hydroxylation sites is 1. The monoisotopic (exact) mass is 567 g/mol. The number of amides is 1. The van der Waals surface area contributed by atoms with E-state index in [1.165, 1.54) is 17.2 Å². The number of carbonyl (C=O) groups excluding carboxylic acids is 1. The molecule has 2 heterocycles. The molecule has 10 heteroatoms. The molecule has 3 aromatic carbocycles. The average Bonchev–Trinajstić information content (AvgIpc) is 2.95. The Morgan fingerprint density at radius 2 is 1.64 bits per heavy atom. The van der Waals surface area contributed by atoms with E-state index in [0.29, 0.717) is 49.9 Å². The molecule has 1 fully saturated rings. The summed E-state index contributed by atoms with van der Waals surface area (Å²) in [5.41, 5.74) is 4.28. The first-order valence-corrected chi connectivity index (χ1v) is 15.1. The molecular weight excluding hydrogens is 534 g/mol. The predicted octanol–water partition coefficient (Wildman–Crippen LogP) is 2.55. The summed E-state index contributed by atoms with van der Waals surface area (Å²) in [7, 11) is -3.85. The molecule has 0 bridgehead atoms. The normalized spacial score (nSPS) is 18.5. The van der Waals surface area contributed by atoms with Gasteiger partial charge in [0.15, 0.2) is 0 Å². The first-order valence-electron chi connectivity index (χ1n) is 13.2. The largest absolute Gasteiger partial charge is 0.367 e. The highest BCUT2D eigenvalue weighted by Crippen LogP contribution is 2.25. The number of rotatable bonds is 8. The summed E-state index contributed by atoms with van der Waals surface area (Å²) in [5, 5.41) is 13.3. The molecule has 2 atom stereocenters. The number of anilines is 1. The van der Waals surface area contributed by atoms with Gasteiger partial charge in [-0.15, -0.1) is 0 Å². The number of nitrogens with two attached hydrogens (primary N) is 1. The van der Waals surface area contributed by atoms with Crippen molar-refractivity contribution in [3.8, 4) is 0 Å². The van der Waals surface area contributed by atoms with Crippen molar-refractivity contribution in [2.24, 2.45) is 5.14 Å². The number of carbonyl (C=O) groups is 1. The van der Waals surface area contributed by atoms with Gasteiger partial charge in [-0.3, -0.25) is 4.79 Å². The van der Waals surface area contributed by atoms with Gasteiger partial charge in [0.05, 0.1) is 11.7 Å². The Balaban J connectivity index is 1.26. The van der Waals surface area contributed by atoms with Crippen LogP contribution in [0.1, 0.15) is 16.7 Å². The number of hydrogen-bond donors (Lipinski definition) is 3. The maximum atomic E-state index is 13.8. The van der Waals surface area contributed by atoms with Gasteiger partial charge in [-0.1, -0.05) is 60.1 Å². The summed E-state index contributed by atoms with van der Waals surface area (Å²) in [6, 6.07) is 22.6. The van der Waals surface area contributed by atoms with Crippen molar-refractivity contribution < 1.29 is 13.2 Å². The number of primary sulfonamides is 1. The highest BCUT2D eigenvalue weighted by atomic mass is 35.5. The summed E-state index contributed by atoms with van der Waals surface area (Å²) in [4.78, 5) is 17.7. The second kappa shape index (κ2) is 12.1. The molecule has 0 saturated carbocycles. The fourth-order valence-corrected chi connectivity index (χ4v) is 6.28. The smallest absolute Gasteiger partial charge is 0.240 e. The number of halogens is 1. The average molecular weight is 568 g/mol. The van der Waals surface area contributed by atoms with Crippen molar-refractivity contribution in [2.75, 3.05) is 37.6 Å². The van der Waals surface area contributed by atoms with Gasteiger partial charge in [-0.25, -0.2) is 13.6 Å². The molecule has 3 aromatic rings. The second-order valence-electron chi connectivity index (χ2n) is 10.2. The molecule has 0 radical (unpaired) electrons. The van der Waals surface area contributed by atoms with Crippen molar-refractivity contribution in [3.05, 3.63) is 94.5 Å².